The first-order valence-electron chi connectivity index (χ1n) is 4.64. The van der Waals surface area contributed by atoms with Crippen molar-refractivity contribution in [3.63, 3.8) is 0 Å². The number of alkyl halides is 2. The van der Waals surface area contributed by atoms with Crippen LogP contribution in [0.1, 0.15) is 39.0 Å². The lowest BCUT2D eigenvalue weighted by atomic mass is 9.95. The predicted octanol–water partition coefficient (Wildman–Crippen LogP) is 2.55. The standard InChI is InChI=1S/C9H17F2N/c1-2-3-7(8(10)11)6-9(12)4-5-9/h7-8H,2-6,12H2,1H3. The molecule has 0 spiro atoms. The monoisotopic (exact) mass is 177 g/mol. The van der Waals surface area contributed by atoms with Gasteiger partial charge in [-0.05, 0) is 25.7 Å². The molecule has 12 heavy (non-hydrogen) atoms. The lowest BCUT2D eigenvalue weighted by molar-refractivity contribution is 0.0616. The fraction of sp³-hybridized carbons (Fsp3) is 1.00. The van der Waals surface area contributed by atoms with E-state index < -0.39 is 12.3 Å². The van der Waals surface area contributed by atoms with Crippen LogP contribution >= 0.6 is 0 Å². The van der Waals surface area contributed by atoms with E-state index in [0.29, 0.717) is 12.8 Å². The van der Waals surface area contributed by atoms with Crippen LogP contribution in [-0.4, -0.2) is 12.0 Å². The van der Waals surface area contributed by atoms with Crippen molar-refractivity contribution in [1.29, 1.82) is 0 Å². The highest BCUT2D eigenvalue weighted by molar-refractivity contribution is 5.00. The van der Waals surface area contributed by atoms with Gasteiger partial charge >= 0.3 is 0 Å². The van der Waals surface area contributed by atoms with Crippen molar-refractivity contribution in [3.8, 4) is 0 Å². The molecule has 0 aromatic rings. The van der Waals surface area contributed by atoms with Crippen molar-refractivity contribution in [3.05, 3.63) is 0 Å². The largest absolute Gasteiger partial charge is 0.325 e. The predicted molar refractivity (Wildman–Crippen MR) is 45.2 cm³/mol. The van der Waals surface area contributed by atoms with Crippen molar-refractivity contribution >= 4 is 0 Å². The summed E-state index contributed by atoms with van der Waals surface area (Å²) in [6.07, 6.45) is 1.62. The lowest BCUT2D eigenvalue weighted by Crippen LogP contribution is -2.28. The first-order chi connectivity index (χ1) is 5.57. The van der Waals surface area contributed by atoms with Crippen LogP contribution < -0.4 is 5.73 Å². The summed E-state index contributed by atoms with van der Waals surface area (Å²) < 4.78 is 24.8. The van der Waals surface area contributed by atoms with E-state index in [9.17, 15) is 8.78 Å². The highest BCUT2D eigenvalue weighted by Gasteiger charge is 2.41. The van der Waals surface area contributed by atoms with Crippen LogP contribution in [0, 0.1) is 5.92 Å². The smallest absolute Gasteiger partial charge is 0.241 e. The van der Waals surface area contributed by atoms with E-state index in [1.165, 1.54) is 0 Å². The van der Waals surface area contributed by atoms with E-state index in [0.717, 1.165) is 19.3 Å². The minimum absolute atomic E-state index is 0.226. The maximum atomic E-state index is 12.4. The van der Waals surface area contributed by atoms with E-state index in [1.807, 2.05) is 6.92 Å². The van der Waals surface area contributed by atoms with Crippen molar-refractivity contribution in [2.75, 3.05) is 0 Å². The molecule has 0 aliphatic heterocycles. The number of rotatable bonds is 5. The van der Waals surface area contributed by atoms with Crippen molar-refractivity contribution in [2.45, 2.75) is 51.0 Å². The Labute approximate surface area is 72.3 Å². The van der Waals surface area contributed by atoms with Gasteiger partial charge in [0.05, 0.1) is 0 Å². The van der Waals surface area contributed by atoms with E-state index in [2.05, 4.69) is 0 Å². The van der Waals surface area contributed by atoms with Gasteiger partial charge in [0.25, 0.3) is 0 Å². The molecular formula is C9H17F2N. The van der Waals surface area contributed by atoms with Crippen molar-refractivity contribution in [1.82, 2.24) is 0 Å². The first-order valence-corrected chi connectivity index (χ1v) is 4.64. The molecular weight excluding hydrogens is 160 g/mol. The summed E-state index contributed by atoms with van der Waals surface area (Å²) in [6, 6.07) is 0. The molecule has 1 aliphatic carbocycles. The number of hydrogen-bond acceptors (Lipinski definition) is 1. The van der Waals surface area contributed by atoms with E-state index in [-0.39, 0.29) is 5.54 Å². The number of halogens is 2. The SMILES string of the molecule is CCCC(CC1(N)CC1)C(F)F. The van der Waals surface area contributed by atoms with Gasteiger partial charge in [-0.25, -0.2) is 8.78 Å². The van der Waals surface area contributed by atoms with Gasteiger partial charge in [0, 0.05) is 11.5 Å². The highest BCUT2D eigenvalue weighted by Crippen LogP contribution is 2.40. The minimum Gasteiger partial charge on any atom is -0.325 e. The maximum Gasteiger partial charge on any atom is 0.241 e. The third kappa shape index (κ3) is 2.70. The van der Waals surface area contributed by atoms with Gasteiger partial charge in [-0.1, -0.05) is 13.3 Å². The fourth-order valence-electron chi connectivity index (χ4n) is 1.57. The highest BCUT2D eigenvalue weighted by atomic mass is 19.3. The Bertz CT molecular complexity index is 143. The molecule has 1 aliphatic rings. The van der Waals surface area contributed by atoms with Gasteiger partial charge in [0.2, 0.25) is 6.43 Å². The van der Waals surface area contributed by atoms with Crippen molar-refractivity contribution in [2.24, 2.45) is 11.7 Å². The summed E-state index contributed by atoms with van der Waals surface area (Å²) in [7, 11) is 0. The fourth-order valence-corrected chi connectivity index (χ4v) is 1.57. The molecule has 1 saturated carbocycles. The number of hydrogen-bond donors (Lipinski definition) is 1. The third-order valence-corrected chi connectivity index (χ3v) is 2.58. The molecule has 1 rings (SSSR count). The molecule has 1 unspecified atom stereocenters. The second-order valence-corrected chi connectivity index (χ2v) is 3.95. The van der Waals surface area contributed by atoms with Gasteiger partial charge in [-0.3, -0.25) is 0 Å². The van der Waals surface area contributed by atoms with Gasteiger partial charge in [0.15, 0.2) is 0 Å². The summed E-state index contributed by atoms with van der Waals surface area (Å²) in [5, 5.41) is 0. The van der Waals surface area contributed by atoms with Gasteiger partial charge in [0.1, 0.15) is 0 Å². The van der Waals surface area contributed by atoms with E-state index in [4.69, 9.17) is 5.73 Å². The van der Waals surface area contributed by atoms with E-state index in [1.54, 1.807) is 0 Å². The molecule has 2 N–H and O–H groups in total. The Balaban J connectivity index is 2.32. The zero-order valence-corrected chi connectivity index (χ0v) is 7.52. The molecule has 72 valence electrons. The molecule has 0 saturated heterocycles. The summed E-state index contributed by atoms with van der Waals surface area (Å²) in [5.74, 6) is -0.470. The van der Waals surface area contributed by atoms with Crippen LogP contribution in [0.5, 0.6) is 0 Å². The minimum atomic E-state index is -2.19. The van der Waals surface area contributed by atoms with Gasteiger partial charge < -0.3 is 5.73 Å². The Morgan fingerprint density at radius 3 is 2.33 bits per heavy atom. The Morgan fingerprint density at radius 2 is 2.00 bits per heavy atom. The lowest BCUT2D eigenvalue weighted by Gasteiger charge is -2.18. The molecule has 0 radical (unpaired) electrons. The normalized spacial score (nSPS) is 22.8. The van der Waals surface area contributed by atoms with Crippen LogP contribution in [0.4, 0.5) is 8.78 Å². The summed E-state index contributed by atoms with van der Waals surface area (Å²) in [4.78, 5) is 0. The average molecular weight is 177 g/mol. The molecule has 3 heteroatoms. The second kappa shape index (κ2) is 3.69. The van der Waals surface area contributed by atoms with Crippen LogP contribution in [0.3, 0.4) is 0 Å². The summed E-state index contributed by atoms with van der Waals surface area (Å²) in [6.45, 7) is 1.94. The number of nitrogens with two attached hydrogens (primary N) is 1. The average Bonchev–Trinajstić information content (AvgIpc) is 2.67. The first kappa shape index (κ1) is 9.90. The molecule has 1 fully saturated rings. The summed E-state index contributed by atoms with van der Waals surface area (Å²) >= 11 is 0. The van der Waals surface area contributed by atoms with Gasteiger partial charge in [-0.15, -0.1) is 0 Å². The molecule has 1 nitrogen and oxygen atoms in total. The Morgan fingerprint density at radius 1 is 1.42 bits per heavy atom. The molecule has 0 aromatic heterocycles. The van der Waals surface area contributed by atoms with Crippen LogP contribution in [-0.2, 0) is 0 Å². The van der Waals surface area contributed by atoms with E-state index >= 15 is 0 Å². The summed E-state index contributed by atoms with van der Waals surface area (Å²) in [5.41, 5.74) is 5.56. The van der Waals surface area contributed by atoms with Crippen molar-refractivity contribution < 1.29 is 8.78 Å². The maximum absolute atomic E-state index is 12.4. The molecule has 0 aromatic carbocycles. The molecule has 1 atom stereocenters. The Hall–Kier alpha value is -0.180. The van der Waals surface area contributed by atoms with Crippen LogP contribution in [0.15, 0.2) is 0 Å². The zero-order chi connectivity index (χ0) is 9.19. The molecule has 0 amide bonds. The quantitative estimate of drug-likeness (QED) is 0.686. The van der Waals surface area contributed by atoms with Crippen LogP contribution in [0.25, 0.3) is 0 Å². The third-order valence-electron chi connectivity index (χ3n) is 2.58. The molecule has 0 bridgehead atoms. The van der Waals surface area contributed by atoms with Gasteiger partial charge in [-0.2, -0.15) is 0 Å². The topological polar surface area (TPSA) is 26.0 Å². The Kier molecular flexibility index (Phi) is 3.04. The second-order valence-electron chi connectivity index (χ2n) is 3.95. The van der Waals surface area contributed by atoms with Crippen LogP contribution in [0.2, 0.25) is 0 Å². The molecule has 0 heterocycles. The zero-order valence-electron chi connectivity index (χ0n) is 7.52.